The number of nitrogens with zero attached hydrogens (tertiary/aromatic N) is 1. The van der Waals surface area contributed by atoms with Crippen molar-refractivity contribution < 1.29 is 9.47 Å². The molecule has 3 nitrogen and oxygen atoms in total. The van der Waals surface area contributed by atoms with E-state index in [0.29, 0.717) is 12.5 Å². The van der Waals surface area contributed by atoms with E-state index in [-0.39, 0.29) is 12.5 Å². The third kappa shape index (κ3) is 1.83. The molecule has 1 saturated heterocycles. The number of ether oxygens (including phenoxy) is 2. The molecule has 1 aliphatic rings. The van der Waals surface area contributed by atoms with Crippen LogP contribution in [0.15, 0.2) is 0 Å². The van der Waals surface area contributed by atoms with Gasteiger partial charge in [0.2, 0.25) is 6.41 Å². The minimum Gasteiger partial charge on any atom is -0.337 e. The number of hydrogen-bond donors (Lipinski definition) is 0. The van der Waals surface area contributed by atoms with Crippen molar-refractivity contribution in [2.45, 2.75) is 12.5 Å². The Balaban J connectivity index is 2.28. The molecule has 0 aromatic heterocycles. The van der Waals surface area contributed by atoms with Crippen LogP contribution in [0.2, 0.25) is 0 Å². The Morgan fingerprint density at radius 1 is 1.60 bits per heavy atom. The van der Waals surface area contributed by atoms with Gasteiger partial charge in [-0.3, -0.25) is 4.90 Å². The summed E-state index contributed by atoms with van der Waals surface area (Å²) in [5.74, 6) is 0.504. The highest BCUT2D eigenvalue weighted by atomic mass is 35.5. The zero-order chi connectivity index (χ0) is 7.56. The normalized spacial score (nSPS) is 33.6. The second-order valence-corrected chi connectivity index (χ2v) is 2.82. The van der Waals surface area contributed by atoms with Crippen molar-refractivity contribution in [1.29, 1.82) is 0 Å². The van der Waals surface area contributed by atoms with E-state index in [0.717, 1.165) is 0 Å². The molecule has 0 amide bonds. The van der Waals surface area contributed by atoms with Crippen molar-refractivity contribution in [3.8, 4) is 0 Å². The summed E-state index contributed by atoms with van der Waals surface area (Å²) in [5, 5.41) is 0. The molecule has 0 unspecified atom stereocenters. The summed E-state index contributed by atoms with van der Waals surface area (Å²) in [6, 6.07) is 0. The van der Waals surface area contributed by atoms with Gasteiger partial charge < -0.3 is 9.47 Å². The third-order valence-electron chi connectivity index (χ3n) is 1.33. The van der Waals surface area contributed by atoms with Crippen molar-refractivity contribution in [3.05, 3.63) is 0 Å². The monoisotopic (exact) mass is 165 g/mol. The standard InChI is InChI=1S/C6H12ClNO2/c1-8(2)6-9-4-5(3-7)10-6/h5-6H,3-4H2,1-2H3/t5-,6-/m1/s1. The molecular formula is C6H12ClNO2. The number of hydrogen-bond acceptors (Lipinski definition) is 3. The molecule has 0 aromatic carbocycles. The molecule has 0 bridgehead atoms. The molecule has 4 heteroatoms. The highest BCUT2D eigenvalue weighted by Crippen LogP contribution is 2.13. The van der Waals surface area contributed by atoms with Crippen LogP contribution in [0.25, 0.3) is 0 Å². The van der Waals surface area contributed by atoms with Gasteiger partial charge >= 0.3 is 0 Å². The van der Waals surface area contributed by atoms with Crippen LogP contribution in [-0.4, -0.2) is 44.0 Å². The first kappa shape index (κ1) is 8.27. The quantitative estimate of drug-likeness (QED) is 0.556. The molecule has 1 heterocycles. The topological polar surface area (TPSA) is 21.7 Å². The Morgan fingerprint density at radius 2 is 2.30 bits per heavy atom. The van der Waals surface area contributed by atoms with Crippen molar-refractivity contribution in [2.24, 2.45) is 0 Å². The lowest BCUT2D eigenvalue weighted by Gasteiger charge is -2.16. The molecular weight excluding hydrogens is 154 g/mol. The fourth-order valence-electron chi connectivity index (χ4n) is 0.785. The smallest absolute Gasteiger partial charge is 0.218 e. The summed E-state index contributed by atoms with van der Waals surface area (Å²) in [5.41, 5.74) is 0. The molecule has 2 atom stereocenters. The van der Waals surface area contributed by atoms with E-state index >= 15 is 0 Å². The van der Waals surface area contributed by atoms with Gasteiger partial charge in [0.1, 0.15) is 0 Å². The highest BCUT2D eigenvalue weighted by molar-refractivity contribution is 6.18. The maximum absolute atomic E-state index is 5.55. The van der Waals surface area contributed by atoms with E-state index in [4.69, 9.17) is 21.1 Å². The van der Waals surface area contributed by atoms with Crippen LogP contribution in [0.3, 0.4) is 0 Å². The predicted octanol–water partition coefficient (Wildman–Crippen LogP) is 0.486. The van der Waals surface area contributed by atoms with Crippen LogP contribution in [0.4, 0.5) is 0 Å². The lowest BCUT2D eigenvalue weighted by atomic mass is 10.4. The summed E-state index contributed by atoms with van der Waals surface area (Å²) >= 11 is 5.55. The molecule has 0 aromatic rings. The lowest BCUT2D eigenvalue weighted by molar-refractivity contribution is -0.141. The summed E-state index contributed by atoms with van der Waals surface area (Å²) < 4.78 is 10.6. The highest BCUT2D eigenvalue weighted by Gasteiger charge is 2.26. The summed E-state index contributed by atoms with van der Waals surface area (Å²) in [7, 11) is 3.81. The maximum atomic E-state index is 5.55. The Hall–Kier alpha value is 0.170. The Kier molecular flexibility index (Phi) is 2.92. The van der Waals surface area contributed by atoms with Crippen LogP contribution in [0, 0.1) is 0 Å². The van der Waals surface area contributed by atoms with Crippen molar-refractivity contribution in [2.75, 3.05) is 26.6 Å². The minimum atomic E-state index is -0.205. The molecule has 0 saturated carbocycles. The van der Waals surface area contributed by atoms with Gasteiger partial charge in [-0.2, -0.15) is 0 Å². The van der Waals surface area contributed by atoms with E-state index in [1.54, 1.807) is 0 Å². The third-order valence-corrected chi connectivity index (χ3v) is 1.67. The zero-order valence-corrected chi connectivity index (χ0v) is 6.97. The largest absolute Gasteiger partial charge is 0.337 e. The van der Waals surface area contributed by atoms with Crippen LogP contribution in [0.1, 0.15) is 0 Å². The van der Waals surface area contributed by atoms with Crippen molar-refractivity contribution in [3.63, 3.8) is 0 Å². The Labute approximate surface area is 65.8 Å². The molecule has 60 valence electrons. The second-order valence-electron chi connectivity index (χ2n) is 2.52. The van der Waals surface area contributed by atoms with Gasteiger partial charge in [-0.25, -0.2) is 0 Å². The molecule has 1 aliphatic heterocycles. The number of alkyl halides is 1. The van der Waals surface area contributed by atoms with Crippen molar-refractivity contribution in [1.82, 2.24) is 4.90 Å². The van der Waals surface area contributed by atoms with Gasteiger partial charge in [0.15, 0.2) is 0 Å². The maximum Gasteiger partial charge on any atom is 0.218 e. The van der Waals surface area contributed by atoms with Gasteiger partial charge in [-0.1, -0.05) is 0 Å². The first-order chi connectivity index (χ1) is 4.74. The van der Waals surface area contributed by atoms with E-state index in [1.165, 1.54) is 0 Å². The molecule has 1 fully saturated rings. The zero-order valence-electron chi connectivity index (χ0n) is 6.21. The minimum absolute atomic E-state index is 0.0640. The fourth-order valence-corrected chi connectivity index (χ4v) is 0.946. The van der Waals surface area contributed by atoms with Crippen molar-refractivity contribution >= 4 is 11.6 Å². The molecule has 0 aliphatic carbocycles. The fraction of sp³-hybridized carbons (Fsp3) is 1.00. The van der Waals surface area contributed by atoms with Gasteiger partial charge in [0, 0.05) is 0 Å². The van der Waals surface area contributed by atoms with Gasteiger partial charge in [0.25, 0.3) is 0 Å². The number of halogens is 1. The molecule has 0 N–H and O–H groups in total. The van der Waals surface area contributed by atoms with Crippen LogP contribution in [0.5, 0.6) is 0 Å². The molecule has 0 spiro atoms. The number of rotatable bonds is 2. The SMILES string of the molecule is CN(C)[C@@H]1OC[C@@H](CCl)O1. The Bertz CT molecular complexity index is 110. The van der Waals surface area contributed by atoms with Gasteiger partial charge in [0.05, 0.1) is 18.6 Å². The molecule has 1 rings (SSSR count). The van der Waals surface area contributed by atoms with E-state index in [1.807, 2.05) is 19.0 Å². The average Bonchev–Trinajstić information content (AvgIpc) is 2.34. The molecule has 0 radical (unpaired) electrons. The van der Waals surface area contributed by atoms with E-state index in [9.17, 15) is 0 Å². The lowest BCUT2D eigenvalue weighted by Crippen LogP contribution is -2.29. The van der Waals surface area contributed by atoms with Crippen LogP contribution < -0.4 is 0 Å². The average molecular weight is 166 g/mol. The van der Waals surface area contributed by atoms with E-state index in [2.05, 4.69) is 0 Å². The van der Waals surface area contributed by atoms with E-state index < -0.39 is 0 Å². The van der Waals surface area contributed by atoms with Gasteiger partial charge in [-0.15, -0.1) is 11.6 Å². The first-order valence-electron chi connectivity index (χ1n) is 3.23. The molecule has 10 heavy (non-hydrogen) atoms. The van der Waals surface area contributed by atoms with Crippen LogP contribution >= 0.6 is 11.6 Å². The van der Waals surface area contributed by atoms with Crippen LogP contribution in [-0.2, 0) is 9.47 Å². The second kappa shape index (κ2) is 3.53. The predicted molar refractivity (Wildman–Crippen MR) is 39.0 cm³/mol. The summed E-state index contributed by atoms with van der Waals surface area (Å²) in [6.45, 7) is 0.604. The summed E-state index contributed by atoms with van der Waals surface area (Å²) in [6.07, 6.45) is -0.141. The van der Waals surface area contributed by atoms with Gasteiger partial charge in [-0.05, 0) is 14.1 Å². The first-order valence-corrected chi connectivity index (χ1v) is 3.77. The Morgan fingerprint density at radius 3 is 2.60 bits per heavy atom. The summed E-state index contributed by atoms with van der Waals surface area (Å²) in [4.78, 5) is 1.87.